The lowest BCUT2D eigenvalue weighted by Gasteiger charge is -2.10. The highest BCUT2D eigenvalue weighted by molar-refractivity contribution is 5.83. The maximum atomic E-state index is 13.4. The number of nitrogens with zero attached hydrogens (tertiary/aromatic N) is 2. The van der Waals surface area contributed by atoms with Gasteiger partial charge in [0.15, 0.2) is 6.04 Å². The summed E-state index contributed by atoms with van der Waals surface area (Å²) in [5.41, 5.74) is 3.86. The molecule has 34 heavy (non-hydrogen) atoms. The Morgan fingerprint density at radius 3 is 2.56 bits per heavy atom. The van der Waals surface area contributed by atoms with Crippen molar-refractivity contribution in [3.05, 3.63) is 102 Å². The third kappa shape index (κ3) is 4.20. The SMILES string of the molecule is COc1cc(O)ccc1-c1c[n+]2c(c(Cc3ccccc3)n1)NC(Cc1ccc(F)cc1)C2=O. The molecule has 1 aliphatic heterocycles. The maximum absolute atomic E-state index is 13.4. The molecule has 0 bridgehead atoms. The molecule has 1 aromatic heterocycles. The lowest BCUT2D eigenvalue weighted by molar-refractivity contribution is -0.552. The maximum Gasteiger partial charge on any atom is 0.359 e. The first-order chi connectivity index (χ1) is 16.5. The number of carbonyl (C=O) groups is 1. The highest BCUT2D eigenvalue weighted by Gasteiger charge is 2.41. The third-order valence-corrected chi connectivity index (χ3v) is 5.90. The zero-order valence-electron chi connectivity index (χ0n) is 18.5. The van der Waals surface area contributed by atoms with Crippen LogP contribution in [0.1, 0.15) is 21.6 Å². The molecule has 6 nitrogen and oxygen atoms in total. The standard InChI is InChI=1S/C27H22FN3O3/c1-34-25-15-20(32)11-12-21(25)24-16-31-26(22(29-24)13-17-5-3-2-4-6-17)30-23(27(31)33)14-18-7-9-19(28)10-8-18/h2-12,15-16,23,32H,13-14H2,1H3/p+1. The number of phenols is 1. The molecular formula is C27H23FN3O3+. The predicted molar refractivity (Wildman–Crippen MR) is 125 cm³/mol. The summed E-state index contributed by atoms with van der Waals surface area (Å²) in [6.45, 7) is 0. The second kappa shape index (κ2) is 8.94. The van der Waals surface area contributed by atoms with Gasteiger partial charge in [-0.1, -0.05) is 42.5 Å². The van der Waals surface area contributed by atoms with E-state index in [4.69, 9.17) is 9.72 Å². The minimum Gasteiger partial charge on any atom is -0.508 e. The Morgan fingerprint density at radius 1 is 1.06 bits per heavy atom. The van der Waals surface area contributed by atoms with E-state index in [9.17, 15) is 14.3 Å². The number of carbonyl (C=O) groups excluding carboxylic acids is 1. The smallest absolute Gasteiger partial charge is 0.359 e. The number of halogens is 1. The van der Waals surface area contributed by atoms with Gasteiger partial charge in [0, 0.05) is 24.5 Å². The van der Waals surface area contributed by atoms with Crippen LogP contribution in [0.25, 0.3) is 11.3 Å². The number of aromatic nitrogens is 2. The number of methoxy groups -OCH3 is 1. The molecule has 0 spiro atoms. The topological polar surface area (TPSA) is 75.3 Å². The number of ether oxygens (including phenoxy) is 1. The third-order valence-electron chi connectivity index (χ3n) is 5.90. The summed E-state index contributed by atoms with van der Waals surface area (Å²) in [6, 6.07) is 20.4. The lowest BCUT2D eigenvalue weighted by atomic mass is 10.1. The Kier molecular flexibility index (Phi) is 5.67. The lowest BCUT2D eigenvalue weighted by Crippen LogP contribution is -2.44. The zero-order chi connectivity index (χ0) is 23.7. The van der Waals surface area contributed by atoms with Gasteiger partial charge in [0.1, 0.15) is 34.9 Å². The van der Waals surface area contributed by atoms with Gasteiger partial charge in [0.25, 0.3) is 0 Å². The molecule has 0 fully saturated rings. The first kappa shape index (κ1) is 21.6. The van der Waals surface area contributed by atoms with Gasteiger partial charge >= 0.3 is 11.7 Å². The van der Waals surface area contributed by atoms with Gasteiger partial charge in [-0.2, -0.15) is 4.57 Å². The van der Waals surface area contributed by atoms with Gasteiger partial charge in [-0.3, -0.25) is 5.32 Å². The average molecular weight is 456 g/mol. The van der Waals surface area contributed by atoms with Gasteiger partial charge in [0.05, 0.1) is 7.11 Å². The van der Waals surface area contributed by atoms with Crippen molar-refractivity contribution in [3.8, 4) is 22.8 Å². The normalized spacial score (nSPS) is 14.5. The fourth-order valence-corrected chi connectivity index (χ4v) is 4.20. The number of phenolic OH excluding ortho intramolecular Hbond substituents is 1. The van der Waals surface area contributed by atoms with Crippen LogP contribution in [-0.4, -0.2) is 29.1 Å². The van der Waals surface area contributed by atoms with Gasteiger partial charge in [-0.05, 0) is 35.4 Å². The number of hydrogen-bond donors (Lipinski definition) is 2. The number of anilines is 1. The van der Waals surface area contributed by atoms with E-state index in [0.717, 1.165) is 11.1 Å². The van der Waals surface area contributed by atoms with E-state index in [1.165, 1.54) is 25.3 Å². The molecule has 3 aromatic carbocycles. The van der Waals surface area contributed by atoms with Crippen LogP contribution >= 0.6 is 0 Å². The van der Waals surface area contributed by atoms with Crippen LogP contribution in [0.3, 0.4) is 0 Å². The van der Waals surface area contributed by atoms with Gasteiger partial charge in [-0.25, -0.2) is 14.2 Å². The largest absolute Gasteiger partial charge is 0.508 e. The van der Waals surface area contributed by atoms with Crippen molar-refractivity contribution in [1.82, 2.24) is 4.98 Å². The number of nitrogens with one attached hydrogen (secondary N) is 1. The monoisotopic (exact) mass is 456 g/mol. The number of hydrogen-bond acceptors (Lipinski definition) is 5. The van der Waals surface area contributed by atoms with Crippen LogP contribution < -0.4 is 14.6 Å². The quantitative estimate of drug-likeness (QED) is 0.426. The molecule has 0 saturated heterocycles. The molecule has 0 aliphatic carbocycles. The van der Waals surface area contributed by atoms with E-state index in [1.807, 2.05) is 30.3 Å². The van der Waals surface area contributed by atoms with Gasteiger partial charge in [0.2, 0.25) is 0 Å². The highest BCUT2D eigenvalue weighted by atomic mass is 19.1. The second-order valence-corrected chi connectivity index (χ2v) is 8.20. The Hall–Kier alpha value is -4.26. The molecule has 2 heterocycles. The molecule has 1 atom stereocenters. The van der Waals surface area contributed by atoms with Crippen molar-refractivity contribution in [2.24, 2.45) is 0 Å². The van der Waals surface area contributed by atoms with Crippen molar-refractivity contribution in [2.45, 2.75) is 18.9 Å². The fraction of sp³-hybridized carbons (Fsp3) is 0.148. The van der Waals surface area contributed by atoms with Crippen molar-refractivity contribution < 1.29 is 23.6 Å². The van der Waals surface area contributed by atoms with Crippen LogP contribution in [-0.2, 0) is 12.8 Å². The number of rotatable bonds is 6. The van der Waals surface area contributed by atoms with E-state index in [0.29, 0.717) is 41.4 Å². The van der Waals surface area contributed by atoms with E-state index < -0.39 is 6.04 Å². The molecule has 1 aliphatic rings. The molecule has 0 amide bonds. The van der Waals surface area contributed by atoms with E-state index in [1.54, 1.807) is 35.0 Å². The van der Waals surface area contributed by atoms with Crippen molar-refractivity contribution in [2.75, 3.05) is 12.4 Å². The molecule has 7 heteroatoms. The summed E-state index contributed by atoms with van der Waals surface area (Å²) in [4.78, 5) is 18.3. The summed E-state index contributed by atoms with van der Waals surface area (Å²) in [5.74, 6) is 0.752. The average Bonchev–Trinajstić information content (AvgIpc) is 3.16. The number of aromatic hydroxyl groups is 1. The molecule has 5 rings (SSSR count). The van der Waals surface area contributed by atoms with Gasteiger partial charge in [-0.15, -0.1) is 0 Å². The van der Waals surface area contributed by atoms with Crippen LogP contribution in [0.4, 0.5) is 10.2 Å². The van der Waals surface area contributed by atoms with Gasteiger partial charge < -0.3 is 9.84 Å². The van der Waals surface area contributed by atoms with Crippen LogP contribution in [0.2, 0.25) is 0 Å². The summed E-state index contributed by atoms with van der Waals surface area (Å²) in [6.07, 6.45) is 2.64. The Morgan fingerprint density at radius 2 is 1.82 bits per heavy atom. The molecule has 0 saturated carbocycles. The minimum atomic E-state index is -0.501. The second-order valence-electron chi connectivity index (χ2n) is 8.20. The minimum absolute atomic E-state index is 0.0797. The van der Waals surface area contributed by atoms with E-state index in [-0.39, 0.29) is 17.5 Å². The first-order valence-electron chi connectivity index (χ1n) is 10.9. The Balaban J connectivity index is 1.57. The Labute approximate surface area is 196 Å². The summed E-state index contributed by atoms with van der Waals surface area (Å²) in [7, 11) is 1.52. The zero-order valence-corrected chi connectivity index (χ0v) is 18.5. The summed E-state index contributed by atoms with van der Waals surface area (Å²) in [5, 5.41) is 13.2. The van der Waals surface area contributed by atoms with Crippen molar-refractivity contribution >= 4 is 11.7 Å². The van der Waals surface area contributed by atoms with Crippen LogP contribution in [0.5, 0.6) is 11.5 Å². The fourth-order valence-electron chi connectivity index (χ4n) is 4.20. The van der Waals surface area contributed by atoms with E-state index >= 15 is 0 Å². The number of benzene rings is 3. The molecular weight excluding hydrogens is 433 g/mol. The van der Waals surface area contributed by atoms with Crippen molar-refractivity contribution in [3.63, 3.8) is 0 Å². The van der Waals surface area contributed by atoms with Crippen LogP contribution in [0.15, 0.2) is 79.0 Å². The Bertz CT molecular complexity index is 1360. The summed E-state index contributed by atoms with van der Waals surface area (Å²) < 4.78 is 20.4. The molecule has 2 N–H and O–H groups in total. The number of fused-ring (bicyclic) bond motifs is 1. The first-order valence-corrected chi connectivity index (χ1v) is 10.9. The summed E-state index contributed by atoms with van der Waals surface area (Å²) >= 11 is 0. The highest BCUT2D eigenvalue weighted by Crippen LogP contribution is 2.33. The molecule has 1 unspecified atom stereocenters. The predicted octanol–water partition coefficient (Wildman–Crippen LogP) is 4.16. The molecule has 0 radical (unpaired) electrons. The molecule has 4 aromatic rings. The van der Waals surface area contributed by atoms with Crippen molar-refractivity contribution in [1.29, 1.82) is 0 Å². The molecule has 170 valence electrons. The van der Waals surface area contributed by atoms with Crippen LogP contribution in [0, 0.1) is 5.82 Å². The van der Waals surface area contributed by atoms with E-state index in [2.05, 4.69) is 5.32 Å².